The number of aromatic nitrogens is 2. The Morgan fingerprint density at radius 2 is 2.04 bits per heavy atom. The van der Waals surface area contributed by atoms with Crippen molar-refractivity contribution in [3.63, 3.8) is 0 Å². The second-order valence-corrected chi connectivity index (χ2v) is 9.58. The number of hydrogen-bond donors (Lipinski definition) is 3. The zero-order valence-corrected chi connectivity index (χ0v) is 17.8. The Hall–Kier alpha value is -1.70. The summed E-state index contributed by atoms with van der Waals surface area (Å²) in [5.41, 5.74) is -0.418. The summed E-state index contributed by atoms with van der Waals surface area (Å²) < 4.78 is 8.81. The normalized spacial score (nSPS) is 24.5. The van der Waals surface area contributed by atoms with Crippen LogP contribution in [0.15, 0.2) is 46.1 Å². The number of nitrogens with zero attached hydrogens (tertiary/aromatic N) is 1. The van der Waals surface area contributed by atoms with Gasteiger partial charge in [0.05, 0.1) is 0 Å². The molecule has 3 N–H and O–H groups in total. The number of nitrogens with one attached hydrogen (secondary N) is 2. The van der Waals surface area contributed by atoms with Gasteiger partial charge in [0.25, 0.3) is 0 Å². The summed E-state index contributed by atoms with van der Waals surface area (Å²) in [6.45, 7) is 4.50. The van der Waals surface area contributed by atoms with Crippen LogP contribution in [-0.4, -0.2) is 54.9 Å². The fourth-order valence-corrected chi connectivity index (χ4v) is 6.22. The van der Waals surface area contributed by atoms with Crippen molar-refractivity contribution in [1.29, 1.82) is 0 Å². The van der Waals surface area contributed by atoms with Crippen molar-refractivity contribution in [2.45, 2.75) is 49.9 Å². The predicted molar refractivity (Wildman–Crippen MR) is 109 cm³/mol. The molecule has 0 radical (unpaired) electrons. The van der Waals surface area contributed by atoms with E-state index >= 15 is 0 Å². The van der Waals surface area contributed by atoms with Gasteiger partial charge in [-0.25, -0.2) is 0 Å². The molecule has 4 atom stereocenters. The molecule has 1 fully saturated rings. The van der Waals surface area contributed by atoms with Gasteiger partial charge in [0.15, 0.2) is 0 Å². The number of rotatable bonds is 8. The van der Waals surface area contributed by atoms with Crippen molar-refractivity contribution in [2.75, 3.05) is 13.2 Å². The summed E-state index contributed by atoms with van der Waals surface area (Å²) in [4.78, 5) is 26.6. The fourth-order valence-electron chi connectivity index (χ4n) is 3.37. The molecular formula is C20H27N3O4Se. The molecule has 1 aromatic heterocycles. The quantitative estimate of drug-likeness (QED) is 0.396. The summed E-state index contributed by atoms with van der Waals surface area (Å²) in [6, 6.07) is 10.1. The zero-order valence-electron chi connectivity index (χ0n) is 16.1. The molecule has 0 unspecified atom stereocenters. The maximum atomic E-state index is 12.5. The van der Waals surface area contributed by atoms with Crippen LogP contribution < -0.4 is 21.0 Å². The number of ether oxygens (including phenoxy) is 1. The third kappa shape index (κ3) is 4.64. The second kappa shape index (κ2) is 9.67. The molecule has 0 amide bonds. The Labute approximate surface area is 170 Å². The monoisotopic (exact) mass is 453 g/mol. The second-order valence-electron chi connectivity index (χ2n) is 6.96. The van der Waals surface area contributed by atoms with Gasteiger partial charge in [-0.2, -0.15) is 0 Å². The molecule has 2 aromatic rings. The van der Waals surface area contributed by atoms with Crippen LogP contribution in [0.25, 0.3) is 0 Å². The van der Waals surface area contributed by atoms with Gasteiger partial charge >= 0.3 is 170 Å². The van der Waals surface area contributed by atoms with Crippen LogP contribution in [0.3, 0.4) is 0 Å². The summed E-state index contributed by atoms with van der Waals surface area (Å²) >= 11 is 0.00318. The first kappa shape index (κ1) is 21.0. The molecule has 0 aliphatic carbocycles. The van der Waals surface area contributed by atoms with Gasteiger partial charge in [-0.05, 0) is 0 Å². The van der Waals surface area contributed by atoms with E-state index in [1.165, 1.54) is 9.03 Å². The summed E-state index contributed by atoms with van der Waals surface area (Å²) in [7, 11) is 0. The zero-order chi connectivity index (χ0) is 20.1. The van der Waals surface area contributed by atoms with E-state index in [0.717, 1.165) is 19.4 Å². The Bertz CT molecular complexity index is 883. The summed E-state index contributed by atoms with van der Waals surface area (Å²) in [5, 5.41) is 13.4. The molecule has 2 heterocycles. The van der Waals surface area contributed by atoms with Crippen LogP contribution in [0.2, 0.25) is 4.82 Å². The number of H-pyrrole nitrogens is 1. The SMILES string of the molecule is CCCCN[C@H]1[C@@H]([Se]c2ccccc2)[C@H](n2cc(C)c(=O)[nH]c2=O)O[C@@H]1CO. The first-order valence-corrected chi connectivity index (χ1v) is 11.4. The first-order chi connectivity index (χ1) is 13.5. The van der Waals surface area contributed by atoms with E-state index in [0.29, 0.717) is 5.56 Å². The summed E-state index contributed by atoms with van der Waals surface area (Å²) in [5.74, 6) is 0. The molecule has 1 aliphatic heterocycles. The molecule has 28 heavy (non-hydrogen) atoms. The minimum atomic E-state index is -0.542. The van der Waals surface area contributed by atoms with Crippen molar-refractivity contribution < 1.29 is 9.84 Å². The van der Waals surface area contributed by atoms with Crippen LogP contribution in [-0.2, 0) is 4.74 Å². The van der Waals surface area contributed by atoms with Gasteiger partial charge in [-0.15, -0.1) is 0 Å². The van der Waals surface area contributed by atoms with Gasteiger partial charge in [0.2, 0.25) is 0 Å². The van der Waals surface area contributed by atoms with E-state index < -0.39 is 18.0 Å². The molecule has 0 saturated carbocycles. The van der Waals surface area contributed by atoms with E-state index in [-0.39, 0.29) is 38.0 Å². The molecule has 0 bridgehead atoms. The van der Waals surface area contributed by atoms with Crippen molar-refractivity contribution in [3.05, 3.63) is 62.9 Å². The minimum absolute atomic E-state index is 0.00318. The molecular weight excluding hydrogens is 425 g/mol. The van der Waals surface area contributed by atoms with Crippen LogP contribution in [0.1, 0.15) is 31.6 Å². The Kier molecular flexibility index (Phi) is 7.26. The van der Waals surface area contributed by atoms with Crippen LogP contribution in [0.4, 0.5) is 0 Å². The Balaban J connectivity index is 1.97. The molecule has 152 valence electrons. The molecule has 0 spiro atoms. The summed E-state index contributed by atoms with van der Waals surface area (Å²) in [6.07, 6.45) is 2.71. The van der Waals surface area contributed by atoms with E-state index in [2.05, 4.69) is 29.4 Å². The van der Waals surface area contributed by atoms with Crippen molar-refractivity contribution in [3.8, 4) is 0 Å². The van der Waals surface area contributed by atoms with E-state index in [4.69, 9.17) is 4.74 Å². The third-order valence-corrected chi connectivity index (χ3v) is 7.69. The fraction of sp³-hybridized carbons (Fsp3) is 0.500. The van der Waals surface area contributed by atoms with Crippen molar-refractivity contribution in [1.82, 2.24) is 14.9 Å². The molecule has 3 rings (SSSR count). The van der Waals surface area contributed by atoms with Crippen molar-refractivity contribution >= 4 is 19.4 Å². The number of hydrogen-bond acceptors (Lipinski definition) is 5. The maximum absolute atomic E-state index is 12.5. The number of aliphatic hydroxyl groups excluding tert-OH is 1. The number of benzene rings is 1. The molecule has 1 saturated heterocycles. The van der Waals surface area contributed by atoms with Gasteiger partial charge in [-0.3, -0.25) is 0 Å². The standard InChI is InChI=1S/C20H27N3O4Se/c1-3-4-10-21-16-15(12-24)27-19(17(16)28-14-8-6-5-7-9-14)23-11-13(2)18(25)22-20(23)26/h5-9,11,15-17,19,21,24H,3-4,10,12H2,1-2H3,(H,22,25,26)/t15-,16-,17-,19-/m1/s1. The van der Waals surface area contributed by atoms with Crippen LogP contribution in [0, 0.1) is 6.92 Å². The number of aryl methyl sites for hydroxylation is 1. The average molecular weight is 452 g/mol. The third-order valence-electron chi connectivity index (χ3n) is 4.88. The van der Waals surface area contributed by atoms with Gasteiger partial charge < -0.3 is 0 Å². The number of aromatic amines is 1. The number of aliphatic hydroxyl groups is 1. The van der Waals surface area contributed by atoms with Gasteiger partial charge in [0, 0.05) is 0 Å². The molecule has 1 aliphatic rings. The Morgan fingerprint density at radius 1 is 1.29 bits per heavy atom. The van der Waals surface area contributed by atoms with E-state index in [1.54, 1.807) is 13.1 Å². The molecule has 7 nitrogen and oxygen atoms in total. The van der Waals surface area contributed by atoms with E-state index in [1.807, 2.05) is 18.2 Å². The van der Waals surface area contributed by atoms with Crippen LogP contribution in [0.5, 0.6) is 0 Å². The predicted octanol–water partition coefficient (Wildman–Crippen LogP) is 0.311. The van der Waals surface area contributed by atoms with E-state index in [9.17, 15) is 14.7 Å². The Morgan fingerprint density at radius 3 is 2.71 bits per heavy atom. The molecule has 1 aromatic carbocycles. The van der Waals surface area contributed by atoms with Gasteiger partial charge in [0.1, 0.15) is 0 Å². The van der Waals surface area contributed by atoms with Gasteiger partial charge in [-0.1, -0.05) is 0 Å². The number of unbranched alkanes of at least 4 members (excludes halogenated alkanes) is 1. The topological polar surface area (TPSA) is 96.4 Å². The molecule has 8 heteroatoms. The first-order valence-electron chi connectivity index (χ1n) is 9.58. The van der Waals surface area contributed by atoms with Crippen molar-refractivity contribution in [2.24, 2.45) is 0 Å². The average Bonchev–Trinajstić information content (AvgIpc) is 3.03. The van der Waals surface area contributed by atoms with Crippen LogP contribution >= 0.6 is 0 Å².